The van der Waals surface area contributed by atoms with Crippen LogP contribution in [0.3, 0.4) is 0 Å². The molecule has 9 heteroatoms. The van der Waals surface area contributed by atoms with Crippen molar-refractivity contribution in [3.63, 3.8) is 0 Å². The summed E-state index contributed by atoms with van der Waals surface area (Å²) in [6.45, 7) is 1.99. The number of sulfonamides is 1. The molecule has 112 valence electrons. The van der Waals surface area contributed by atoms with Crippen molar-refractivity contribution in [1.82, 2.24) is 10.2 Å². The molecule has 0 saturated carbocycles. The van der Waals surface area contributed by atoms with Crippen LogP contribution in [0.1, 0.15) is 19.0 Å². The lowest BCUT2D eigenvalue weighted by Gasteiger charge is -2.04. The molecule has 1 heterocycles. The third-order valence-corrected chi connectivity index (χ3v) is 4.08. The Morgan fingerprint density at radius 2 is 2.14 bits per heavy atom. The molecule has 0 aliphatic rings. The molecular formula is C12H14N4O4S. The molecule has 0 aliphatic heterocycles. The normalized spacial score (nSPS) is 11.3. The van der Waals surface area contributed by atoms with Gasteiger partial charge in [0, 0.05) is 23.9 Å². The van der Waals surface area contributed by atoms with Crippen LogP contribution in [0.5, 0.6) is 0 Å². The van der Waals surface area contributed by atoms with Crippen LogP contribution in [0.15, 0.2) is 35.2 Å². The first-order valence-corrected chi connectivity index (χ1v) is 7.72. The van der Waals surface area contributed by atoms with E-state index in [-0.39, 0.29) is 16.4 Å². The van der Waals surface area contributed by atoms with Crippen LogP contribution in [0, 0.1) is 10.1 Å². The molecule has 0 unspecified atom stereocenters. The Labute approximate surface area is 121 Å². The number of aryl methyl sites for hydroxylation is 1. The molecule has 2 N–H and O–H groups in total. The van der Waals surface area contributed by atoms with Crippen molar-refractivity contribution in [2.45, 2.75) is 24.7 Å². The second-order valence-corrected chi connectivity index (χ2v) is 6.07. The maximum atomic E-state index is 12.2. The molecule has 1 aromatic carbocycles. The minimum atomic E-state index is -3.91. The molecule has 21 heavy (non-hydrogen) atoms. The number of aromatic amines is 1. The summed E-state index contributed by atoms with van der Waals surface area (Å²) in [7, 11) is -3.91. The molecule has 0 atom stereocenters. The average molecular weight is 310 g/mol. The molecule has 0 saturated heterocycles. The van der Waals surface area contributed by atoms with Gasteiger partial charge in [-0.15, -0.1) is 0 Å². The fourth-order valence-corrected chi connectivity index (χ4v) is 2.80. The third kappa shape index (κ3) is 3.57. The Morgan fingerprint density at radius 3 is 2.81 bits per heavy atom. The van der Waals surface area contributed by atoms with Crippen molar-refractivity contribution in [1.29, 1.82) is 0 Å². The first-order valence-electron chi connectivity index (χ1n) is 6.24. The number of rotatable bonds is 6. The van der Waals surface area contributed by atoms with Gasteiger partial charge in [0.2, 0.25) is 0 Å². The van der Waals surface area contributed by atoms with Gasteiger partial charge in [0.25, 0.3) is 15.7 Å². The number of anilines is 1. The maximum absolute atomic E-state index is 12.2. The zero-order valence-corrected chi connectivity index (χ0v) is 12.1. The highest BCUT2D eigenvalue weighted by Crippen LogP contribution is 2.20. The summed E-state index contributed by atoms with van der Waals surface area (Å²) in [5.41, 5.74) is 0.529. The number of hydrogen-bond acceptors (Lipinski definition) is 5. The molecule has 0 aliphatic carbocycles. The number of nitro benzene ring substituents is 1. The van der Waals surface area contributed by atoms with E-state index in [1.54, 1.807) is 6.07 Å². The van der Waals surface area contributed by atoms with E-state index in [0.29, 0.717) is 0 Å². The van der Waals surface area contributed by atoms with Gasteiger partial charge in [-0.05, 0) is 12.5 Å². The Hall–Kier alpha value is -2.42. The van der Waals surface area contributed by atoms with E-state index in [0.717, 1.165) is 24.6 Å². The number of nitrogens with one attached hydrogen (secondary N) is 2. The third-order valence-electron chi connectivity index (χ3n) is 2.73. The van der Waals surface area contributed by atoms with E-state index in [2.05, 4.69) is 14.9 Å². The topological polar surface area (TPSA) is 118 Å². The highest BCUT2D eigenvalue weighted by molar-refractivity contribution is 7.92. The van der Waals surface area contributed by atoms with Gasteiger partial charge >= 0.3 is 0 Å². The van der Waals surface area contributed by atoms with Crippen LogP contribution in [0.25, 0.3) is 0 Å². The lowest BCUT2D eigenvalue weighted by atomic mass is 10.2. The van der Waals surface area contributed by atoms with Crippen molar-refractivity contribution >= 4 is 21.5 Å². The molecule has 0 fully saturated rings. The standard InChI is InChI=1S/C12H14N4O4S/c1-2-4-9-7-12(14-13-9)15-21(19,20)11-6-3-5-10(8-11)16(17)18/h3,5-8H,2,4H2,1H3,(H2,13,14,15). The monoisotopic (exact) mass is 310 g/mol. The summed E-state index contributed by atoms with van der Waals surface area (Å²) < 4.78 is 26.6. The van der Waals surface area contributed by atoms with E-state index < -0.39 is 14.9 Å². The Morgan fingerprint density at radius 1 is 1.38 bits per heavy atom. The predicted octanol–water partition coefficient (Wildman–Crippen LogP) is 2.07. The summed E-state index contributed by atoms with van der Waals surface area (Å²) in [5, 5.41) is 17.3. The molecule has 8 nitrogen and oxygen atoms in total. The maximum Gasteiger partial charge on any atom is 0.270 e. The van der Waals surface area contributed by atoms with Crippen LogP contribution < -0.4 is 4.72 Å². The van der Waals surface area contributed by atoms with E-state index in [4.69, 9.17) is 0 Å². The Bertz CT molecular complexity index is 754. The molecule has 2 rings (SSSR count). The molecule has 2 aromatic rings. The zero-order valence-electron chi connectivity index (χ0n) is 11.2. The number of benzene rings is 1. The van der Waals surface area contributed by atoms with Crippen LogP contribution in [0.4, 0.5) is 11.5 Å². The summed E-state index contributed by atoms with van der Waals surface area (Å²) in [4.78, 5) is 9.86. The lowest BCUT2D eigenvalue weighted by molar-refractivity contribution is -0.385. The minimum Gasteiger partial charge on any atom is -0.280 e. The highest BCUT2D eigenvalue weighted by Gasteiger charge is 2.18. The molecule has 0 amide bonds. The SMILES string of the molecule is CCCc1cc(NS(=O)(=O)c2cccc([N+](=O)[O-])c2)n[nH]1. The fourth-order valence-electron chi connectivity index (χ4n) is 1.77. The number of hydrogen-bond donors (Lipinski definition) is 2. The first-order chi connectivity index (χ1) is 9.92. The van der Waals surface area contributed by atoms with Crippen LogP contribution in [0.2, 0.25) is 0 Å². The second kappa shape index (κ2) is 5.92. The van der Waals surface area contributed by atoms with E-state index in [1.165, 1.54) is 18.2 Å². The summed E-state index contributed by atoms with van der Waals surface area (Å²) in [6, 6.07) is 6.43. The molecule has 1 aromatic heterocycles. The summed E-state index contributed by atoms with van der Waals surface area (Å²) in [6.07, 6.45) is 1.66. The largest absolute Gasteiger partial charge is 0.280 e. The van der Waals surface area contributed by atoms with Crippen LogP contribution in [-0.2, 0) is 16.4 Å². The Kier molecular flexibility index (Phi) is 4.22. The van der Waals surface area contributed by atoms with Crippen molar-refractivity contribution < 1.29 is 13.3 Å². The van der Waals surface area contributed by atoms with Gasteiger partial charge in [0.15, 0.2) is 5.82 Å². The quantitative estimate of drug-likeness (QED) is 0.625. The van der Waals surface area contributed by atoms with Crippen molar-refractivity contribution in [3.05, 3.63) is 46.1 Å². The summed E-state index contributed by atoms with van der Waals surface area (Å²) >= 11 is 0. The average Bonchev–Trinajstić information content (AvgIpc) is 2.86. The van der Waals surface area contributed by atoms with Crippen molar-refractivity contribution in [2.75, 3.05) is 4.72 Å². The number of H-pyrrole nitrogens is 1. The van der Waals surface area contributed by atoms with Gasteiger partial charge < -0.3 is 0 Å². The number of aromatic nitrogens is 2. The van der Waals surface area contributed by atoms with E-state index in [1.807, 2.05) is 6.92 Å². The van der Waals surface area contributed by atoms with Crippen LogP contribution >= 0.6 is 0 Å². The Balaban J connectivity index is 2.25. The van der Waals surface area contributed by atoms with Gasteiger partial charge in [-0.25, -0.2) is 8.42 Å². The van der Waals surface area contributed by atoms with Gasteiger partial charge in [0.05, 0.1) is 9.82 Å². The lowest BCUT2D eigenvalue weighted by Crippen LogP contribution is -2.13. The molecule has 0 bridgehead atoms. The number of nitrogens with zero attached hydrogens (tertiary/aromatic N) is 2. The molecular weight excluding hydrogens is 296 g/mol. The molecule has 0 radical (unpaired) electrons. The van der Waals surface area contributed by atoms with Crippen molar-refractivity contribution in [2.24, 2.45) is 0 Å². The highest BCUT2D eigenvalue weighted by atomic mass is 32.2. The van der Waals surface area contributed by atoms with E-state index in [9.17, 15) is 18.5 Å². The smallest absolute Gasteiger partial charge is 0.270 e. The number of non-ortho nitro benzene ring substituents is 1. The van der Waals surface area contributed by atoms with Gasteiger partial charge in [0.1, 0.15) is 0 Å². The van der Waals surface area contributed by atoms with Gasteiger partial charge in [-0.3, -0.25) is 19.9 Å². The van der Waals surface area contributed by atoms with Crippen molar-refractivity contribution in [3.8, 4) is 0 Å². The van der Waals surface area contributed by atoms with Gasteiger partial charge in [-0.2, -0.15) is 5.10 Å². The van der Waals surface area contributed by atoms with Gasteiger partial charge in [-0.1, -0.05) is 19.4 Å². The zero-order chi connectivity index (χ0) is 15.5. The fraction of sp³-hybridized carbons (Fsp3) is 0.250. The molecule has 0 spiro atoms. The minimum absolute atomic E-state index is 0.157. The van der Waals surface area contributed by atoms with Crippen LogP contribution in [-0.4, -0.2) is 23.5 Å². The van der Waals surface area contributed by atoms with E-state index >= 15 is 0 Å². The second-order valence-electron chi connectivity index (χ2n) is 4.39. The predicted molar refractivity (Wildman–Crippen MR) is 76.5 cm³/mol. The first kappa shape index (κ1) is 15.0. The summed E-state index contributed by atoms with van der Waals surface area (Å²) in [5.74, 6) is 0.157. The number of nitro groups is 1.